The van der Waals surface area contributed by atoms with Crippen molar-refractivity contribution < 1.29 is 9.21 Å². The molecule has 2 heterocycles. The lowest BCUT2D eigenvalue weighted by atomic mass is 10.0. The summed E-state index contributed by atoms with van der Waals surface area (Å²) in [6.45, 7) is 11.0. The van der Waals surface area contributed by atoms with Gasteiger partial charge in [0.1, 0.15) is 17.9 Å². The zero-order valence-corrected chi connectivity index (χ0v) is 20.2. The molecule has 1 aliphatic heterocycles. The van der Waals surface area contributed by atoms with E-state index in [1.807, 2.05) is 36.9 Å². The van der Waals surface area contributed by atoms with Crippen molar-refractivity contribution >= 4 is 46.8 Å². The van der Waals surface area contributed by atoms with Gasteiger partial charge in [-0.1, -0.05) is 32.0 Å². The number of hydrogen-bond donors (Lipinski definition) is 2. The second-order valence-corrected chi connectivity index (χ2v) is 7.74. The summed E-state index contributed by atoms with van der Waals surface area (Å²) in [6.07, 6.45) is 1.87. The van der Waals surface area contributed by atoms with Gasteiger partial charge in [0, 0.05) is 42.5 Å². The van der Waals surface area contributed by atoms with E-state index in [-0.39, 0.29) is 35.8 Å². The highest BCUT2D eigenvalue weighted by Crippen LogP contribution is 2.25. The lowest BCUT2D eigenvalue weighted by Gasteiger charge is -2.34. The average molecular weight is 512 g/mol. The van der Waals surface area contributed by atoms with Crippen molar-refractivity contribution in [3.8, 4) is 0 Å². The molecule has 3 rings (SSSR count). The third-order valence-corrected chi connectivity index (χ3v) is 5.31. The van der Waals surface area contributed by atoms with Gasteiger partial charge in [0.05, 0.1) is 0 Å². The highest BCUT2D eigenvalue weighted by molar-refractivity contribution is 14.0. The fourth-order valence-corrected chi connectivity index (χ4v) is 3.65. The minimum absolute atomic E-state index is 0. The standard InChI is InChI=1S/C22H32N4O2.HI/c1-5-23-22(25-17-10-12-26(13-11-17)21(27)15(2)3)24-14-20-16(4)18-8-6-7-9-19(18)28-20;/h6-9,15,17H,5,10-14H2,1-4H3,(H2,23,24,25);1H. The fourth-order valence-electron chi connectivity index (χ4n) is 3.65. The van der Waals surface area contributed by atoms with E-state index in [1.54, 1.807) is 0 Å². The third kappa shape index (κ3) is 5.87. The van der Waals surface area contributed by atoms with Gasteiger partial charge >= 0.3 is 0 Å². The molecule has 29 heavy (non-hydrogen) atoms. The summed E-state index contributed by atoms with van der Waals surface area (Å²) < 4.78 is 5.97. The van der Waals surface area contributed by atoms with Crippen LogP contribution in [0.2, 0.25) is 0 Å². The first-order chi connectivity index (χ1) is 13.5. The first-order valence-corrected chi connectivity index (χ1v) is 10.3. The van der Waals surface area contributed by atoms with E-state index < -0.39 is 0 Å². The van der Waals surface area contributed by atoms with Crippen LogP contribution in [0.5, 0.6) is 0 Å². The zero-order valence-electron chi connectivity index (χ0n) is 17.8. The number of hydrogen-bond acceptors (Lipinski definition) is 3. The Hall–Kier alpha value is -1.77. The molecule has 160 valence electrons. The van der Waals surface area contributed by atoms with Crippen LogP contribution < -0.4 is 10.6 Å². The Morgan fingerprint density at radius 2 is 1.97 bits per heavy atom. The number of aryl methyl sites for hydroxylation is 1. The molecule has 0 atom stereocenters. The van der Waals surface area contributed by atoms with Gasteiger partial charge in [-0.3, -0.25) is 4.79 Å². The molecular formula is C22H33IN4O2. The monoisotopic (exact) mass is 512 g/mol. The summed E-state index contributed by atoms with van der Waals surface area (Å²) in [7, 11) is 0. The largest absolute Gasteiger partial charge is 0.459 e. The normalized spacial score (nSPS) is 15.5. The van der Waals surface area contributed by atoms with Gasteiger partial charge in [0.2, 0.25) is 5.91 Å². The maximum absolute atomic E-state index is 12.2. The molecule has 1 aliphatic rings. The summed E-state index contributed by atoms with van der Waals surface area (Å²) >= 11 is 0. The minimum Gasteiger partial charge on any atom is -0.459 e. The molecule has 2 aromatic rings. The molecule has 0 spiro atoms. The number of piperidine rings is 1. The second-order valence-electron chi connectivity index (χ2n) is 7.74. The third-order valence-electron chi connectivity index (χ3n) is 5.31. The second kappa shape index (κ2) is 10.8. The average Bonchev–Trinajstić information content (AvgIpc) is 3.02. The van der Waals surface area contributed by atoms with Crippen molar-refractivity contribution in [2.24, 2.45) is 10.9 Å². The van der Waals surface area contributed by atoms with Crippen LogP contribution in [0.1, 0.15) is 44.9 Å². The van der Waals surface area contributed by atoms with Gasteiger partial charge in [0.25, 0.3) is 0 Å². The van der Waals surface area contributed by atoms with Gasteiger partial charge in [0.15, 0.2) is 5.96 Å². The molecule has 1 saturated heterocycles. The smallest absolute Gasteiger partial charge is 0.225 e. The summed E-state index contributed by atoms with van der Waals surface area (Å²) in [5, 5.41) is 8.00. The van der Waals surface area contributed by atoms with Crippen molar-refractivity contribution in [1.82, 2.24) is 15.5 Å². The van der Waals surface area contributed by atoms with Crippen LogP contribution in [0.15, 0.2) is 33.7 Å². The van der Waals surface area contributed by atoms with Crippen molar-refractivity contribution in [3.63, 3.8) is 0 Å². The molecule has 1 aromatic heterocycles. The number of nitrogens with zero attached hydrogens (tertiary/aromatic N) is 2. The molecule has 6 nitrogen and oxygen atoms in total. The highest BCUT2D eigenvalue weighted by Gasteiger charge is 2.24. The van der Waals surface area contributed by atoms with E-state index in [2.05, 4.69) is 30.5 Å². The number of fused-ring (bicyclic) bond motifs is 1. The number of rotatable bonds is 5. The lowest BCUT2D eigenvalue weighted by molar-refractivity contribution is -0.135. The summed E-state index contributed by atoms with van der Waals surface area (Å²) in [6, 6.07) is 8.41. The first kappa shape index (κ1) is 23.5. The van der Waals surface area contributed by atoms with E-state index in [1.165, 1.54) is 0 Å². The number of carbonyl (C=O) groups excluding carboxylic acids is 1. The minimum atomic E-state index is 0. The number of para-hydroxylation sites is 1. The molecule has 2 N–H and O–H groups in total. The number of guanidine groups is 1. The van der Waals surface area contributed by atoms with Gasteiger partial charge in [-0.25, -0.2) is 4.99 Å². The Kier molecular flexibility index (Phi) is 8.79. The van der Waals surface area contributed by atoms with Crippen LogP contribution in [-0.2, 0) is 11.3 Å². The van der Waals surface area contributed by atoms with Crippen LogP contribution >= 0.6 is 24.0 Å². The number of furan rings is 1. The lowest BCUT2D eigenvalue weighted by Crippen LogP contribution is -2.50. The molecule has 7 heteroatoms. The number of likely N-dealkylation sites (tertiary alicyclic amines) is 1. The topological polar surface area (TPSA) is 69.9 Å². The summed E-state index contributed by atoms with van der Waals surface area (Å²) in [5.41, 5.74) is 2.06. The number of aliphatic imine (C=N–C) groups is 1. The van der Waals surface area contributed by atoms with Crippen LogP contribution in [0.3, 0.4) is 0 Å². The van der Waals surface area contributed by atoms with Gasteiger partial charge < -0.3 is 20.0 Å². The van der Waals surface area contributed by atoms with Crippen molar-refractivity contribution in [1.29, 1.82) is 0 Å². The van der Waals surface area contributed by atoms with Crippen LogP contribution in [0, 0.1) is 12.8 Å². The molecule has 0 bridgehead atoms. The molecular weight excluding hydrogens is 479 g/mol. The summed E-state index contributed by atoms with van der Waals surface area (Å²) in [5.74, 6) is 2.02. The number of nitrogens with one attached hydrogen (secondary N) is 2. The van der Waals surface area contributed by atoms with E-state index >= 15 is 0 Å². The fraction of sp³-hybridized carbons (Fsp3) is 0.545. The van der Waals surface area contributed by atoms with E-state index in [9.17, 15) is 4.79 Å². The number of amides is 1. The maximum atomic E-state index is 12.2. The Morgan fingerprint density at radius 1 is 1.28 bits per heavy atom. The van der Waals surface area contributed by atoms with Crippen LogP contribution in [0.4, 0.5) is 0 Å². The predicted octanol–water partition coefficient (Wildman–Crippen LogP) is 4.06. The predicted molar refractivity (Wildman–Crippen MR) is 129 cm³/mol. The number of halogens is 1. The highest BCUT2D eigenvalue weighted by atomic mass is 127. The SMILES string of the molecule is CCNC(=NCc1oc2ccccc2c1C)NC1CCN(C(=O)C(C)C)CC1.I. The Balaban J connectivity index is 0.00000300. The Labute approximate surface area is 190 Å². The molecule has 1 aromatic carbocycles. The summed E-state index contributed by atoms with van der Waals surface area (Å²) in [4.78, 5) is 18.9. The number of benzene rings is 1. The zero-order chi connectivity index (χ0) is 20.1. The Morgan fingerprint density at radius 3 is 2.59 bits per heavy atom. The quantitative estimate of drug-likeness (QED) is 0.360. The van der Waals surface area contributed by atoms with Crippen LogP contribution in [0.25, 0.3) is 11.0 Å². The van der Waals surface area contributed by atoms with Gasteiger partial charge in [-0.2, -0.15) is 0 Å². The molecule has 1 amide bonds. The van der Waals surface area contributed by atoms with Crippen molar-refractivity contribution in [2.75, 3.05) is 19.6 Å². The molecule has 0 saturated carbocycles. The molecule has 1 fully saturated rings. The van der Waals surface area contributed by atoms with Gasteiger partial charge in [-0.05, 0) is 32.8 Å². The van der Waals surface area contributed by atoms with Gasteiger partial charge in [-0.15, -0.1) is 24.0 Å². The number of carbonyl (C=O) groups is 1. The maximum Gasteiger partial charge on any atom is 0.225 e. The van der Waals surface area contributed by atoms with E-state index in [0.29, 0.717) is 12.6 Å². The van der Waals surface area contributed by atoms with Crippen molar-refractivity contribution in [3.05, 3.63) is 35.6 Å². The first-order valence-electron chi connectivity index (χ1n) is 10.3. The van der Waals surface area contributed by atoms with E-state index in [0.717, 1.165) is 60.7 Å². The van der Waals surface area contributed by atoms with Crippen LogP contribution in [-0.4, -0.2) is 42.4 Å². The molecule has 0 radical (unpaired) electrons. The Bertz CT molecular complexity index is 838. The molecule has 0 unspecified atom stereocenters. The molecule has 0 aliphatic carbocycles. The van der Waals surface area contributed by atoms with Crippen molar-refractivity contribution in [2.45, 2.75) is 53.1 Å². The van der Waals surface area contributed by atoms with E-state index in [4.69, 9.17) is 9.41 Å².